The molecule has 1 aliphatic rings. The highest BCUT2D eigenvalue weighted by molar-refractivity contribution is 7.09. The summed E-state index contributed by atoms with van der Waals surface area (Å²) in [7, 11) is 1.93. The molecular weight excluding hydrogens is 310 g/mol. The lowest BCUT2D eigenvalue weighted by Crippen LogP contribution is -2.44. The minimum absolute atomic E-state index is 0.0121. The van der Waals surface area contributed by atoms with Crippen LogP contribution in [-0.4, -0.2) is 32.2 Å². The lowest BCUT2D eigenvalue weighted by atomic mass is 10.00. The number of aromatic nitrogens is 3. The molecule has 0 radical (unpaired) electrons. The third-order valence-corrected chi connectivity index (χ3v) is 5.33. The molecule has 7 heteroatoms. The fourth-order valence-electron chi connectivity index (χ4n) is 3.05. The number of hydrogen-bond acceptors (Lipinski definition) is 4. The van der Waals surface area contributed by atoms with Crippen molar-refractivity contribution in [3.05, 3.63) is 34.0 Å². The molecule has 6 nitrogen and oxygen atoms in total. The number of likely N-dealkylation sites (tertiary alicyclic amines) is 1. The Bertz CT molecular complexity index is 665. The van der Waals surface area contributed by atoms with Gasteiger partial charge in [0, 0.05) is 25.2 Å². The fourth-order valence-corrected chi connectivity index (χ4v) is 3.80. The van der Waals surface area contributed by atoms with Gasteiger partial charge in [0.1, 0.15) is 0 Å². The van der Waals surface area contributed by atoms with E-state index in [4.69, 9.17) is 0 Å². The summed E-state index contributed by atoms with van der Waals surface area (Å²) >= 11 is 1.65. The molecule has 2 aromatic rings. The number of nitrogens with one attached hydrogen (secondary N) is 1. The Morgan fingerprint density at radius 2 is 2.35 bits per heavy atom. The van der Waals surface area contributed by atoms with Gasteiger partial charge in [-0.15, -0.1) is 11.3 Å². The number of amides is 2. The number of hydrogen-bond donors (Lipinski definition) is 1. The summed E-state index contributed by atoms with van der Waals surface area (Å²) in [6.45, 7) is 3.37. The molecule has 23 heavy (non-hydrogen) atoms. The molecule has 1 saturated heterocycles. The molecule has 1 aliphatic heterocycles. The van der Waals surface area contributed by atoms with Gasteiger partial charge in [0.05, 0.1) is 29.0 Å². The Kier molecular flexibility index (Phi) is 4.95. The molecule has 3 rings (SSSR count). The van der Waals surface area contributed by atoms with Crippen molar-refractivity contribution in [3.63, 3.8) is 0 Å². The molecular formula is C16H23N5OS. The maximum atomic E-state index is 12.6. The predicted molar refractivity (Wildman–Crippen MR) is 90.2 cm³/mol. The second-order valence-corrected chi connectivity index (χ2v) is 6.77. The largest absolute Gasteiger partial charge is 0.332 e. The van der Waals surface area contributed by atoms with Crippen LogP contribution in [0.5, 0.6) is 0 Å². The number of piperidine rings is 1. The molecule has 0 bridgehead atoms. The van der Waals surface area contributed by atoms with Crippen molar-refractivity contribution < 1.29 is 4.79 Å². The van der Waals surface area contributed by atoms with Crippen LogP contribution in [-0.2, 0) is 20.0 Å². The molecule has 1 fully saturated rings. The number of rotatable bonds is 4. The third kappa shape index (κ3) is 3.55. The quantitative estimate of drug-likeness (QED) is 0.936. The average Bonchev–Trinajstić information content (AvgIpc) is 3.21. The van der Waals surface area contributed by atoms with Crippen molar-refractivity contribution in [3.8, 4) is 0 Å². The van der Waals surface area contributed by atoms with E-state index >= 15 is 0 Å². The number of carbonyl (C=O) groups excluding carboxylic acids is 1. The summed E-state index contributed by atoms with van der Waals surface area (Å²) in [5.74, 6) is 0. The van der Waals surface area contributed by atoms with Gasteiger partial charge in [-0.05, 0) is 31.7 Å². The number of thiazole rings is 1. The molecule has 2 aromatic heterocycles. The minimum atomic E-state index is -0.0121. The molecule has 1 unspecified atom stereocenters. The molecule has 1 atom stereocenters. The van der Waals surface area contributed by atoms with Crippen molar-refractivity contribution in [2.24, 2.45) is 7.05 Å². The van der Waals surface area contributed by atoms with E-state index in [9.17, 15) is 4.79 Å². The van der Waals surface area contributed by atoms with Gasteiger partial charge in [-0.1, -0.05) is 6.92 Å². The molecule has 0 saturated carbocycles. The van der Waals surface area contributed by atoms with E-state index in [-0.39, 0.29) is 12.1 Å². The molecule has 0 aromatic carbocycles. The molecule has 0 aliphatic carbocycles. The number of carbonyl (C=O) groups is 1. The van der Waals surface area contributed by atoms with Crippen LogP contribution in [0.1, 0.15) is 48.6 Å². The highest BCUT2D eigenvalue weighted by Gasteiger charge is 2.29. The first kappa shape index (κ1) is 16.0. The summed E-state index contributed by atoms with van der Waals surface area (Å²) in [5.41, 5.74) is 2.04. The first-order chi connectivity index (χ1) is 11.2. The first-order valence-electron chi connectivity index (χ1n) is 8.14. The predicted octanol–water partition coefficient (Wildman–Crippen LogP) is 2.88. The summed E-state index contributed by atoms with van der Waals surface area (Å²) in [4.78, 5) is 19.1. The molecule has 2 amide bonds. The minimum Gasteiger partial charge on any atom is -0.332 e. The van der Waals surface area contributed by atoms with Gasteiger partial charge >= 0.3 is 6.03 Å². The fraction of sp³-hybridized carbons (Fsp3) is 0.562. The number of aryl methyl sites for hydroxylation is 2. The first-order valence-corrected chi connectivity index (χ1v) is 9.02. The van der Waals surface area contributed by atoms with Crippen molar-refractivity contribution in [2.45, 2.75) is 45.2 Å². The van der Waals surface area contributed by atoms with Crippen LogP contribution in [0.25, 0.3) is 0 Å². The van der Waals surface area contributed by atoms with E-state index in [1.807, 2.05) is 28.1 Å². The number of urea groups is 1. The monoisotopic (exact) mass is 333 g/mol. The van der Waals surface area contributed by atoms with Crippen LogP contribution < -0.4 is 5.32 Å². The molecule has 0 spiro atoms. The molecule has 1 N–H and O–H groups in total. The van der Waals surface area contributed by atoms with Crippen molar-refractivity contribution in [1.29, 1.82) is 0 Å². The zero-order valence-corrected chi connectivity index (χ0v) is 14.5. The number of nitrogens with zero attached hydrogens (tertiary/aromatic N) is 4. The SMILES string of the molecule is CCc1nc(CNC(=O)N2CCCCC2c2ccnn2C)cs1. The summed E-state index contributed by atoms with van der Waals surface area (Å²) < 4.78 is 1.87. The zero-order chi connectivity index (χ0) is 16.2. The Hall–Kier alpha value is -1.89. The van der Waals surface area contributed by atoms with Crippen LogP contribution in [0.15, 0.2) is 17.6 Å². The van der Waals surface area contributed by atoms with Gasteiger partial charge < -0.3 is 10.2 Å². The summed E-state index contributed by atoms with van der Waals surface area (Å²) in [6, 6.07) is 2.10. The van der Waals surface area contributed by atoms with E-state index in [1.165, 1.54) is 0 Å². The van der Waals surface area contributed by atoms with E-state index < -0.39 is 0 Å². The van der Waals surface area contributed by atoms with Gasteiger partial charge in [0.2, 0.25) is 0 Å². The summed E-state index contributed by atoms with van der Waals surface area (Å²) in [5, 5.41) is 10.4. The zero-order valence-electron chi connectivity index (χ0n) is 13.7. The standard InChI is InChI=1S/C16H23N5OS/c1-3-15-19-12(11-23-15)10-17-16(22)21-9-5-4-6-14(21)13-7-8-18-20(13)2/h7-8,11,14H,3-6,9-10H2,1-2H3,(H,17,22). The Morgan fingerprint density at radius 3 is 3.04 bits per heavy atom. The Labute approximate surface area is 140 Å². The van der Waals surface area contributed by atoms with Gasteiger partial charge in [-0.3, -0.25) is 4.68 Å². The van der Waals surface area contributed by atoms with E-state index in [0.717, 1.165) is 48.6 Å². The van der Waals surface area contributed by atoms with Crippen molar-refractivity contribution >= 4 is 17.4 Å². The lowest BCUT2D eigenvalue weighted by Gasteiger charge is -2.35. The second-order valence-electron chi connectivity index (χ2n) is 5.83. The lowest BCUT2D eigenvalue weighted by molar-refractivity contribution is 0.147. The Balaban J connectivity index is 1.65. The van der Waals surface area contributed by atoms with Crippen molar-refractivity contribution in [1.82, 2.24) is 25.0 Å². The van der Waals surface area contributed by atoms with E-state index in [1.54, 1.807) is 17.5 Å². The maximum absolute atomic E-state index is 12.6. The van der Waals surface area contributed by atoms with E-state index in [2.05, 4.69) is 22.3 Å². The van der Waals surface area contributed by atoms with Crippen LogP contribution >= 0.6 is 11.3 Å². The van der Waals surface area contributed by atoms with Crippen LogP contribution in [0.3, 0.4) is 0 Å². The van der Waals surface area contributed by atoms with Crippen LogP contribution in [0.2, 0.25) is 0 Å². The van der Waals surface area contributed by atoms with Gasteiger partial charge in [-0.2, -0.15) is 5.10 Å². The molecule has 3 heterocycles. The van der Waals surface area contributed by atoms with Gasteiger partial charge in [0.15, 0.2) is 0 Å². The van der Waals surface area contributed by atoms with Crippen LogP contribution in [0, 0.1) is 0 Å². The molecule has 124 valence electrons. The van der Waals surface area contributed by atoms with Gasteiger partial charge in [0.25, 0.3) is 0 Å². The third-order valence-electron chi connectivity index (χ3n) is 4.29. The van der Waals surface area contributed by atoms with Crippen molar-refractivity contribution in [2.75, 3.05) is 6.54 Å². The average molecular weight is 333 g/mol. The highest BCUT2D eigenvalue weighted by Crippen LogP contribution is 2.30. The Morgan fingerprint density at radius 1 is 1.48 bits per heavy atom. The second kappa shape index (κ2) is 7.12. The maximum Gasteiger partial charge on any atom is 0.318 e. The highest BCUT2D eigenvalue weighted by atomic mass is 32.1. The normalized spacial score (nSPS) is 18.2. The van der Waals surface area contributed by atoms with E-state index in [0.29, 0.717) is 6.54 Å². The summed E-state index contributed by atoms with van der Waals surface area (Å²) in [6.07, 6.45) is 5.92. The van der Waals surface area contributed by atoms with Crippen LogP contribution in [0.4, 0.5) is 4.79 Å². The van der Waals surface area contributed by atoms with Gasteiger partial charge in [-0.25, -0.2) is 9.78 Å². The topological polar surface area (TPSA) is 63.1 Å². The smallest absolute Gasteiger partial charge is 0.318 e.